The number of aromatic nitrogens is 2. The lowest BCUT2D eigenvalue weighted by atomic mass is 10.0. The Labute approximate surface area is 117 Å². The van der Waals surface area contributed by atoms with Gasteiger partial charge in [0.25, 0.3) is 5.91 Å². The Hall–Kier alpha value is -2.47. The summed E-state index contributed by atoms with van der Waals surface area (Å²) in [4.78, 5) is 12.1. The van der Waals surface area contributed by atoms with Gasteiger partial charge in [-0.3, -0.25) is 4.79 Å². The molecule has 0 saturated carbocycles. The smallest absolute Gasteiger partial charge is 0.276 e. The first-order valence-electron chi connectivity index (χ1n) is 6.32. The number of benzene rings is 1. The lowest BCUT2D eigenvalue weighted by Gasteiger charge is -2.13. The summed E-state index contributed by atoms with van der Waals surface area (Å²) in [5.41, 5.74) is 4.47. The van der Waals surface area contributed by atoms with Crippen LogP contribution in [0.25, 0.3) is 0 Å². The van der Waals surface area contributed by atoms with Crippen LogP contribution in [0.3, 0.4) is 0 Å². The Kier molecular flexibility index (Phi) is 4.27. The maximum Gasteiger partial charge on any atom is 0.276 e. The van der Waals surface area contributed by atoms with Crippen molar-refractivity contribution in [3.8, 4) is 0 Å². The van der Waals surface area contributed by atoms with Crippen molar-refractivity contribution in [1.29, 1.82) is 0 Å². The van der Waals surface area contributed by atoms with Crippen LogP contribution in [0.4, 0.5) is 11.5 Å². The zero-order valence-corrected chi connectivity index (χ0v) is 11.4. The molecule has 20 heavy (non-hydrogen) atoms. The molecule has 0 spiro atoms. The monoisotopic (exact) mass is 271 g/mol. The molecule has 6 heteroatoms. The molecule has 1 aromatic carbocycles. The lowest BCUT2D eigenvalue weighted by molar-refractivity contribution is 0.102. The van der Waals surface area contributed by atoms with Gasteiger partial charge in [-0.1, -0.05) is 32.0 Å². The van der Waals surface area contributed by atoms with Crippen molar-refractivity contribution in [2.45, 2.75) is 19.8 Å². The van der Waals surface area contributed by atoms with Gasteiger partial charge in [0.1, 0.15) is 0 Å². The first-order valence-corrected chi connectivity index (χ1v) is 6.32. The highest BCUT2D eigenvalue weighted by Gasteiger charge is 2.12. The average molecular weight is 271 g/mol. The molecule has 0 unspecified atom stereocenters. The van der Waals surface area contributed by atoms with Crippen molar-refractivity contribution in [3.63, 3.8) is 0 Å². The number of nitrogens with zero attached hydrogens (tertiary/aromatic N) is 2. The van der Waals surface area contributed by atoms with E-state index in [1.54, 1.807) is 12.1 Å². The van der Waals surface area contributed by atoms with Gasteiger partial charge in [-0.05, 0) is 29.7 Å². The number of rotatable bonds is 4. The predicted octanol–water partition coefficient (Wildman–Crippen LogP) is 2.14. The summed E-state index contributed by atoms with van der Waals surface area (Å²) < 4.78 is 0. The molecule has 0 radical (unpaired) electrons. The Morgan fingerprint density at radius 2 is 1.90 bits per heavy atom. The van der Waals surface area contributed by atoms with Crippen LogP contribution in [0.5, 0.6) is 0 Å². The van der Waals surface area contributed by atoms with Crippen LogP contribution in [0.15, 0.2) is 36.4 Å². The van der Waals surface area contributed by atoms with Crippen molar-refractivity contribution in [2.24, 2.45) is 5.84 Å². The summed E-state index contributed by atoms with van der Waals surface area (Å²) in [6.45, 7) is 4.15. The van der Waals surface area contributed by atoms with E-state index in [1.807, 2.05) is 24.3 Å². The van der Waals surface area contributed by atoms with Gasteiger partial charge in [-0.2, -0.15) is 0 Å². The Bertz CT molecular complexity index is 595. The fourth-order valence-electron chi connectivity index (χ4n) is 1.83. The zero-order valence-electron chi connectivity index (χ0n) is 11.4. The Balaban J connectivity index is 2.19. The molecule has 0 aliphatic heterocycles. The molecule has 2 aromatic rings. The van der Waals surface area contributed by atoms with E-state index in [2.05, 4.69) is 34.8 Å². The molecule has 0 aliphatic carbocycles. The second kappa shape index (κ2) is 6.12. The molecular weight excluding hydrogens is 254 g/mol. The summed E-state index contributed by atoms with van der Waals surface area (Å²) in [7, 11) is 0. The largest absolute Gasteiger partial charge is 0.320 e. The number of anilines is 2. The van der Waals surface area contributed by atoms with E-state index in [0.717, 1.165) is 11.3 Å². The Morgan fingerprint density at radius 1 is 1.15 bits per heavy atom. The fraction of sp³-hybridized carbons (Fsp3) is 0.214. The highest BCUT2D eigenvalue weighted by atomic mass is 16.1. The summed E-state index contributed by atoms with van der Waals surface area (Å²) in [5, 5.41) is 10.4. The van der Waals surface area contributed by atoms with Gasteiger partial charge in [0, 0.05) is 5.69 Å². The molecule has 4 N–H and O–H groups in total. The van der Waals surface area contributed by atoms with Gasteiger partial charge < -0.3 is 10.7 Å². The van der Waals surface area contributed by atoms with Gasteiger partial charge in [-0.25, -0.2) is 5.84 Å². The molecular formula is C14H17N5O. The molecule has 0 atom stereocenters. The van der Waals surface area contributed by atoms with Crippen molar-refractivity contribution < 1.29 is 4.79 Å². The number of hydrogen-bond donors (Lipinski definition) is 3. The Morgan fingerprint density at radius 3 is 2.50 bits per heavy atom. The van der Waals surface area contributed by atoms with E-state index in [1.165, 1.54) is 0 Å². The van der Waals surface area contributed by atoms with Gasteiger partial charge in [0.05, 0.1) is 0 Å². The minimum atomic E-state index is -0.297. The highest BCUT2D eigenvalue weighted by molar-refractivity contribution is 6.03. The second-order valence-electron chi connectivity index (χ2n) is 4.64. The van der Waals surface area contributed by atoms with Crippen molar-refractivity contribution in [3.05, 3.63) is 47.7 Å². The van der Waals surface area contributed by atoms with Crippen LogP contribution in [0, 0.1) is 0 Å². The normalized spacial score (nSPS) is 10.4. The molecule has 1 aromatic heterocycles. The molecule has 6 nitrogen and oxygen atoms in total. The number of carbonyl (C=O) groups is 1. The quantitative estimate of drug-likeness (QED) is 0.585. The van der Waals surface area contributed by atoms with Gasteiger partial charge in [0.15, 0.2) is 11.5 Å². The molecule has 0 saturated heterocycles. The van der Waals surface area contributed by atoms with Crippen LogP contribution >= 0.6 is 0 Å². The van der Waals surface area contributed by atoms with Crippen LogP contribution in [0.1, 0.15) is 35.8 Å². The number of hydrogen-bond acceptors (Lipinski definition) is 5. The predicted molar refractivity (Wildman–Crippen MR) is 78.3 cm³/mol. The van der Waals surface area contributed by atoms with E-state index in [-0.39, 0.29) is 11.6 Å². The van der Waals surface area contributed by atoms with Crippen LogP contribution in [-0.4, -0.2) is 16.1 Å². The summed E-state index contributed by atoms with van der Waals surface area (Å²) >= 11 is 0. The van der Waals surface area contributed by atoms with Crippen LogP contribution in [0.2, 0.25) is 0 Å². The number of carbonyl (C=O) groups excluding carboxylic acids is 1. The van der Waals surface area contributed by atoms with Crippen molar-refractivity contribution in [2.75, 3.05) is 10.7 Å². The SMILES string of the molecule is CC(C)c1ccccc1NC(=O)c1ccc(NN)nn1. The van der Waals surface area contributed by atoms with E-state index in [4.69, 9.17) is 5.84 Å². The molecule has 0 fully saturated rings. The molecule has 104 valence electrons. The summed E-state index contributed by atoms with van der Waals surface area (Å²) in [6.07, 6.45) is 0. The topological polar surface area (TPSA) is 92.9 Å². The minimum Gasteiger partial charge on any atom is -0.320 e. The number of nitrogens with one attached hydrogen (secondary N) is 2. The number of nitrogen functional groups attached to an aromatic ring is 1. The first-order chi connectivity index (χ1) is 9.61. The van der Waals surface area contributed by atoms with E-state index in [9.17, 15) is 4.79 Å². The minimum absolute atomic E-state index is 0.238. The molecule has 1 amide bonds. The number of para-hydroxylation sites is 1. The lowest BCUT2D eigenvalue weighted by Crippen LogP contribution is -2.17. The van der Waals surface area contributed by atoms with Gasteiger partial charge in [0.2, 0.25) is 0 Å². The second-order valence-corrected chi connectivity index (χ2v) is 4.64. The third kappa shape index (κ3) is 3.10. The van der Waals surface area contributed by atoms with Gasteiger partial charge in [-0.15, -0.1) is 10.2 Å². The zero-order chi connectivity index (χ0) is 14.5. The molecule has 0 aliphatic rings. The van der Waals surface area contributed by atoms with Crippen molar-refractivity contribution in [1.82, 2.24) is 10.2 Å². The molecule has 1 heterocycles. The van der Waals surface area contributed by atoms with Gasteiger partial charge >= 0.3 is 0 Å². The van der Waals surface area contributed by atoms with E-state index >= 15 is 0 Å². The number of hydrazine groups is 1. The average Bonchev–Trinajstić information content (AvgIpc) is 2.47. The van der Waals surface area contributed by atoms with Crippen LogP contribution < -0.4 is 16.6 Å². The maximum absolute atomic E-state index is 12.1. The third-order valence-electron chi connectivity index (χ3n) is 2.88. The third-order valence-corrected chi connectivity index (χ3v) is 2.88. The van der Waals surface area contributed by atoms with Crippen LogP contribution in [-0.2, 0) is 0 Å². The summed E-state index contributed by atoms with van der Waals surface area (Å²) in [6, 6.07) is 10.9. The standard InChI is InChI=1S/C14H17N5O/c1-9(2)10-5-3-4-6-11(10)16-14(20)12-7-8-13(17-15)19-18-12/h3-9H,15H2,1-2H3,(H,16,20)(H,17,19). The first kappa shape index (κ1) is 14.0. The molecule has 0 bridgehead atoms. The maximum atomic E-state index is 12.1. The number of nitrogens with two attached hydrogens (primary N) is 1. The van der Waals surface area contributed by atoms with Crippen molar-refractivity contribution >= 4 is 17.4 Å². The van der Waals surface area contributed by atoms with E-state index in [0.29, 0.717) is 11.7 Å². The van der Waals surface area contributed by atoms with E-state index < -0.39 is 0 Å². The number of amides is 1. The highest BCUT2D eigenvalue weighted by Crippen LogP contribution is 2.23. The summed E-state index contributed by atoms with van der Waals surface area (Å²) in [5.74, 6) is 5.63. The fourth-order valence-corrected chi connectivity index (χ4v) is 1.83. The molecule has 2 rings (SSSR count).